The predicted octanol–water partition coefficient (Wildman–Crippen LogP) is 2.63. The summed E-state index contributed by atoms with van der Waals surface area (Å²) in [5.74, 6) is 0.837. The van der Waals surface area contributed by atoms with Gasteiger partial charge in [-0.25, -0.2) is 4.79 Å². The van der Waals surface area contributed by atoms with Crippen LogP contribution in [-0.4, -0.2) is 67.8 Å². The highest BCUT2D eigenvalue weighted by Crippen LogP contribution is 2.35. The van der Waals surface area contributed by atoms with Gasteiger partial charge in [0.1, 0.15) is 0 Å². The van der Waals surface area contributed by atoms with E-state index in [0.29, 0.717) is 0 Å². The van der Waals surface area contributed by atoms with Crippen molar-refractivity contribution in [2.75, 3.05) is 40.3 Å². The van der Waals surface area contributed by atoms with Crippen molar-refractivity contribution in [1.29, 1.82) is 0 Å². The molecule has 5 heteroatoms. The fourth-order valence-electron chi connectivity index (χ4n) is 4.33. The van der Waals surface area contributed by atoms with Crippen molar-refractivity contribution >= 4 is 6.03 Å². The summed E-state index contributed by atoms with van der Waals surface area (Å²) in [4.78, 5) is 16.2. The van der Waals surface area contributed by atoms with Crippen LogP contribution in [0.25, 0.3) is 0 Å². The highest BCUT2D eigenvalue weighted by molar-refractivity contribution is 5.73. The van der Waals surface area contributed by atoms with Gasteiger partial charge >= 0.3 is 6.03 Å². The molecule has 0 radical (unpaired) electrons. The first kappa shape index (κ1) is 17.7. The molecule has 3 rings (SSSR count). The maximum absolute atomic E-state index is 11.9. The van der Waals surface area contributed by atoms with Gasteiger partial charge in [-0.2, -0.15) is 0 Å². The van der Waals surface area contributed by atoms with E-state index in [1.165, 1.54) is 25.8 Å². The molecule has 2 fully saturated rings. The minimum Gasteiger partial charge on any atom is -0.375 e. The number of carbonyl (C=O) groups is 1. The summed E-state index contributed by atoms with van der Waals surface area (Å²) in [5, 5.41) is 3.15. The van der Waals surface area contributed by atoms with Crippen molar-refractivity contribution < 1.29 is 9.53 Å². The molecule has 2 atom stereocenters. The summed E-state index contributed by atoms with van der Waals surface area (Å²) >= 11 is 0. The molecular weight excluding hydrogens is 302 g/mol. The van der Waals surface area contributed by atoms with Crippen molar-refractivity contribution in [1.82, 2.24) is 15.1 Å². The lowest BCUT2D eigenvalue weighted by atomic mass is 9.82. The van der Waals surface area contributed by atoms with Crippen LogP contribution in [-0.2, 0) is 4.74 Å². The highest BCUT2D eigenvalue weighted by atomic mass is 16.5. The topological polar surface area (TPSA) is 44.8 Å². The Hall–Kier alpha value is -1.07. The third kappa shape index (κ3) is 4.51. The molecule has 0 bridgehead atoms. The van der Waals surface area contributed by atoms with Gasteiger partial charge in [-0.3, -0.25) is 0 Å². The second kappa shape index (κ2) is 7.87. The zero-order valence-corrected chi connectivity index (χ0v) is 15.3. The van der Waals surface area contributed by atoms with Crippen LogP contribution in [0.15, 0.2) is 12.2 Å². The number of urea groups is 1. The van der Waals surface area contributed by atoms with Crippen LogP contribution < -0.4 is 5.32 Å². The zero-order valence-electron chi connectivity index (χ0n) is 15.3. The molecule has 0 aromatic rings. The molecule has 5 nitrogen and oxygen atoms in total. The van der Waals surface area contributed by atoms with E-state index in [9.17, 15) is 4.79 Å². The molecule has 2 aliphatic heterocycles. The lowest BCUT2D eigenvalue weighted by molar-refractivity contribution is -0.119. The monoisotopic (exact) mass is 335 g/mol. The molecule has 136 valence electrons. The molecular formula is C19H33N3O2. The Labute approximate surface area is 146 Å². The van der Waals surface area contributed by atoms with Crippen molar-refractivity contribution in [2.45, 2.75) is 56.6 Å². The zero-order chi connectivity index (χ0) is 17.0. The smallest absolute Gasteiger partial charge is 0.317 e. The van der Waals surface area contributed by atoms with Crippen molar-refractivity contribution in [2.24, 2.45) is 5.92 Å². The normalized spacial score (nSPS) is 30.2. The quantitative estimate of drug-likeness (QED) is 0.807. The van der Waals surface area contributed by atoms with Gasteiger partial charge in [0.2, 0.25) is 0 Å². The number of piperidine rings is 1. The lowest BCUT2D eigenvalue weighted by Gasteiger charge is -2.47. The third-order valence-electron chi connectivity index (χ3n) is 5.89. The van der Waals surface area contributed by atoms with Crippen molar-refractivity contribution in [3.05, 3.63) is 12.2 Å². The highest BCUT2D eigenvalue weighted by Gasteiger charge is 2.40. The number of amides is 2. The van der Waals surface area contributed by atoms with Crippen LogP contribution in [0.4, 0.5) is 4.79 Å². The largest absolute Gasteiger partial charge is 0.375 e. The maximum Gasteiger partial charge on any atom is 0.317 e. The van der Waals surface area contributed by atoms with E-state index in [4.69, 9.17) is 4.74 Å². The Balaban J connectivity index is 1.47. The number of hydrogen-bond donors (Lipinski definition) is 1. The Morgan fingerprint density at radius 2 is 2.08 bits per heavy atom. The van der Waals surface area contributed by atoms with E-state index in [-0.39, 0.29) is 17.7 Å². The Kier molecular flexibility index (Phi) is 5.82. The van der Waals surface area contributed by atoms with Gasteiger partial charge in [0.15, 0.2) is 0 Å². The number of nitrogens with one attached hydrogen (secondary N) is 1. The molecule has 1 N–H and O–H groups in total. The fraction of sp³-hybridized carbons (Fsp3) is 0.842. The van der Waals surface area contributed by atoms with Crippen molar-refractivity contribution in [3.8, 4) is 0 Å². The summed E-state index contributed by atoms with van der Waals surface area (Å²) in [6.45, 7) is 4.27. The van der Waals surface area contributed by atoms with E-state index in [2.05, 4.69) is 22.4 Å². The average Bonchev–Trinajstić information content (AvgIpc) is 2.58. The van der Waals surface area contributed by atoms with Gasteiger partial charge in [0.25, 0.3) is 0 Å². The minimum atomic E-state index is -0.00846. The summed E-state index contributed by atoms with van der Waals surface area (Å²) in [6, 6.07) is 0.267. The molecule has 0 aromatic carbocycles. The van der Waals surface area contributed by atoms with Crippen LogP contribution in [0.5, 0.6) is 0 Å². The summed E-state index contributed by atoms with van der Waals surface area (Å²) in [6.07, 6.45) is 12.6. The number of likely N-dealkylation sites (tertiary alicyclic amines) is 1. The van der Waals surface area contributed by atoms with E-state index in [0.717, 1.165) is 51.3 Å². The van der Waals surface area contributed by atoms with Gasteiger partial charge in [0, 0.05) is 46.4 Å². The maximum atomic E-state index is 11.9. The number of allylic oxidation sites excluding steroid dienone is 2. The van der Waals surface area contributed by atoms with Crippen LogP contribution in [0.3, 0.4) is 0 Å². The van der Waals surface area contributed by atoms with E-state index < -0.39 is 0 Å². The number of hydrogen-bond acceptors (Lipinski definition) is 3. The number of rotatable bonds is 3. The Bertz CT molecular complexity index is 456. The second-order valence-corrected chi connectivity index (χ2v) is 8.02. The first-order chi connectivity index (χ1) is 11.6. The molecule has 0 aromatic heterocycles. The SMILES string of the molecule is CN(C)C(=O)N[C@H]1CCOC2(CCN(C[C@@H]3CC=CCC3)CC2)C1. The van der Waals surface area contributed by atoms with Gasteiger partial charge < -0.3 is 19.9 Å². The minimum absolute atomic E-state index is 0.00846. The third-order valence-corrected chi connectivity index (χ3v) is 5.89. The molecule has 1 spiro atoms. The second-order valence-electron chi connectivity index (χ2n) is 8.02. The number of nitrogens with zero attached hydrogens (tertiary/aromatic N) is 2. The van der Waals surface area contributed by atoms with Gasteiger partial charge in [0.05, 0.1) is 5.60 Å². The standard InChI is InChI=1S/C19H33N3O2/c1-21(2)18(23)20-17-8-13-24-19(14-17)9-11-22(12-10-19)15-16-6-4-3-5-7-16/h3-4,16-17H,5-15H2,1-2H3,(H,20,23)/t16-,17+/m1/s1. The number of carbonyl (C=O) groups excluding carboxylic acids is 1. The molecule has 0 saturated carbocycles. The molecule has 0 unspecified atom stereocenters. The van der Waals surface area contributed by atoms with Gasteiger partial charge in [-0.05, 0) is 50.9 Å². The lowest BCUT2D eigenvalue weighted by Crippen LogP contribution is -2.55. The molecule has 24 heavy (non-hydrogen) atoms. The summed E-state index contributed by atoms with van der Waals surface area (Å²) in [5.41, 5.74) is -0.00846. The van der Waals surface area contributed by atoms with E-state index >= 15 is 0 Å². The van der Waals surface area contributed by atoms with E-state index in [1.807, 2.05) is 0 Å². The van der Waals surface area contributed by atoms with Crippen LogP contribution >= 0.6 is 0 Å². The summed E-state index contributed by atoms with van der Waals surface area (Å²) < 4.78 is 6.21. The molecule has 3 aliphatic rings. The molecule has 2 saturated heterocycles. The first-order valence-electron chi connectivity index (χ1n) is 9.55. The molecule has 2 amide bonds. The predicted molar refractivity (Wildman–Crippen MR) is 96.1 cm³/mol. The van der Waals surface area contributed by atoms with Gasteiger partial charge in [-0.15, -0.1) is 0 Å². The fourth-order valence-corrected chi connectivity index (χ4v) is 4.33. The Morgan fingerprint density at radius 1 is 1.29 bits per heavy atom. The molecule has 1 aliphatic carbocycles. The molecule has 2 heterocycles. The average molecular weight is 335 g/mol. The van der Waals surface area contributed by atoms with E-state index in [1.54, 1.807) is 19.0 Å². The van der Waals surface area contributed by atoms with Crippen LogP contribution in [0.2, 0.25) is 0 Å². The first-order valence-corrected chi connectivity index (χ1v) is 9.55. The number of ether oxygens (including phenoxy) is 1. The summed E-state index contributed by atoms with van der Waals surface area (Å²) in [7, 11) is 3.59. The Morgan fingerprint density at radius 3 is 2.75 bits per heavy atom. The van der Waals surface area contributed by atoms with Gasteiger partial charge in [-0.1, -0.05) is 12.2 Å². The van der Waals surface area contributed by atoms with Crippen LogP contribution in [0.1, 0.15) is 44.9 Å². The van der Waals surface area contributed by atoms with Crippen LogP contribution in [0, 0.1) is 5.92 Å². The van der Waals surface area contributed by atoms with Crippen molar-refractivity contribution in [3.63, 3.8) is 0 Å².